The molecule has 0 radical (unpaired) electrons. The van der Waals surface area contributed by atoms with Crippen molar-refractivity contribution in [2.24, 2.45) is 17.4 Å². The Morgan fingerprint density at radius 1 is 1.31 bits per heavy atom. The highest BCUT2D eigenvalue weighted by atomic mass is 16.2. The van der Waals surface area contributed by atoms with Crippen LogP contribution in [0.1, 0.15) is 39.5 Å². The zero-order valence-electron chi connectivity index (χ0n) is 10.2. The second kappa shape index (κ2) is 8.10. The van der Waals surface area contributed by atoms with Gasteiger partial charge in [-0.25, -0.2) is 0 Å². The van der Waals surface area contributed by atoms with E-state index in [4.69, 9.17) is 11.5 Å². The lowest BCUT2D eigenvalue weighted by molar-refractivity contribution is -0.123. The number of unbranched alkanes of at least 4 members (excludes halogenated alkanes) is 1. The van der Waals surface area contributed by atoms with Crippen molar-refractivity contribution in [1.82, 2.24) is 5.32 Å². The standard InChI is InChI=1S/C11H23N3O2/c1-3-8(2)10(13)11(16)14-7-5-4-6-9(12)15/h8,10H,3-7,13H2,1-2H3,(H2,12,15)(H,14,16). The molecule has 0 aromatic carbocycles. The molecule has 0 saturated carbocycles. The molecule has 94 valence electrons. The Bertz CT molecular complexity index is 231. The summed E-state index contributed by atoms with van der Waals surface area (Å²) in [6.07, 6.45) is 2.71. The van der Waals surface area contributed by atoms with Gasteiger partial charge in [0.05, 0.1) is 6.04 Å². The van der Waals surface area contributed by atoms with Crippen LogP contribution in [-0.2, 0) is 9.59 Å². The topological polar surface area (TPSA) is 98.2 Å². The molecule has 0 aliphatic rings. The van der Waals surface area contributed by atoms with Crippen molar-refractivity contribution in [2.75, 3.05) is 6.54 Å². The highest BCUT2D eigenvalue weighted by Gasteiger charge is 2.18. The summed E-state index contributed by atoms with van der Waals surface area (Å²) in [7, 11) is 0. The number of carbonyl (C=O) groups is 2. The van der Waals surface area contributed by atoms with Crippen molar-refractivity contribution >= 4 is 11.8 Å². The van der Waals surface area contributed by atoms with Gasteiger partial charge >= 0.3 is 0 Å². The lowest BCUT2D eigenvalue weighted by Gasteiger charge is -2.17. The maximum absolute atomic E-state index is 11.5. The third kappa shape index (κ3) is 6.40. The fraction of sp³-hybridized carbons (Fsp3) is 0.818. The van der Waals surface area contributed by atoms with Crippen LogP contribution >= 0.6 is 0 Å². The van der Waals surface area contributed by atoms with Crippen LogP contribution < -0.4 is 16.8 Å². The third-order valence-corrected chi connectivity index (χ3v) is 2.71. The van der Waals surface area contributed by atoms with Gasteiger partial charge in [-0.1, -0.05) is 20.3 Å². The van der Waals surface area contributed by atoms with Crippen molar-refractivity contribution in [3.8, 4) is 0 Å². The van der Waals surface area contributed by atoms with E-state index in [0.717, 1.165) is 12.8 Å². The molecule has 0 spiro atoms. The molecule has 16 heavy (non-hydrogen) atoms. The van der Waals surface area contributed by atoms with E-state index in [-0.39, 0.29) is 17.7 Å². The molecule has 0 fully saturated rings. The molecule has 0 bridgehead atoms. The first-order valence-electron chi connectivity index (χ1n) is 5.80. The second-order valence-electron chi connectivity index (χ2n) is 4.13. The predicted octanol–water partition coefficient (Wildman–Crippen LogP) is 0.132. The van der Waals surface area contributed by atoms with E-state index in [9.17, 15) is 9.59 Å². The van der Waals surface area contributed by atoms with Crippen LogP contribution in [0.2, 0.25) is 0 Å². The van der Waals surface area contributed by atoms with E-state index < -0.39 is 6.04 Å². The fourth-order valence-corrected chi connectivity index (χ4v) is 1.27. The largest absolute Gasteiger partial charge is 0.370 e. The first kappa shape index (κ1) is 14.9. The molecule has 0 heterocycles. The number of carbonyl (C=O) groups excluding carboxylic acids is 2. The molecular formula is C11H23N3O2. The van der Waals surface area contributed by atoms with Gasteiger partial charge in [0.2, 0.25) is 11.8 Å². The first-order chi connectivity index (χ1) is 7.49. The van der Waals surface area contributed by atoms with Gasteiger partial charge in [-0.05, 0) is 18.8 Å². The van der Waals surface area contributed by atoms with E-state index in [1.807, 2.05) is 13.8 Å². The summed E-state index contributed by atoms with van der Waals surface area (Å²) in [5.74, 6) is -0.235. The summed E-state index contributed by atoms with van der Waals surface area (Å²) in [6.45, 7) is 4.51. The number of hydrogen-bond acceptors (Lipinski definition) is 3. The van der Waals surface area contributed by atoms with Gasteiger partial charge < -0.3 is 16.8 Å². The maximum atomic E-state index is 11.5. The predicted molar refractivity (Wildman–Crippen MR) is 63.5 cm³/mol. The Morgan fingerprint density at radius 2 is 1.94 bits per heavy atom. The van der Waals surface area contributed by atoms with E-state index in [2.05, 4.69) is 5.32 Å². The molecule has 0 saturated heterocycles. The van der Waals surface area contributed by atoms with E-state index in [1.165, 1.54) is 0 Å². The fourth-order valence-electron chi connectivity index (χ4n) is 1.27. The van der Waals surface area contributed by atoms with Crippen LogP contribution in [0.15, 0.2) is 0 Å². The van der Waals surface area contributed by atoms with Crippen molar-refractivity contribution < 1.29 is 9.59 Å². The van der Waals surface area contributed by atoms with Gasteiger partial charge in [0.1, 0.15) is 0 Å². The minimum atomic E-state index is -0.443. The van der Waals surface area contributed by atoms with Crippen LogP contribution in [0.3, 0.4) is 0 Å². The van der Waals surface area contributed by atoms with Crippen molar-refractivity contribution in [3.63, 3.8) is 0 Å². The Morgan fingerprint density at radius 3 is 2.44 bits per heavy atom. The first-order valence-corrected chi connectivity index (χ1v) is 5.80. The average molecular weight is 229 g/mol. The molecule has 0 rings (SSSR count). The molecule has 2 unspecified atom stereocenters. The van der Waals surface area contributed by atoms with Crippen LogP contribution in [0, 0.1) is 5.92 Å². The summed E-state index contributed by atoms with van der Waals surface area (Å²) in [6, 6.07) is -0.443. The SMILES string of the molecule is CCC(C)C(N)C(=O)NCCCCC(N)=O. The summed E-state index contributed by atoms with van der Waals surface area (Å²) < 4.78 is 0. The number of hydrogen-bond donors (Lipinski definition) is 3. The van der Waals surface area contributed by atoms with E-state index in [0.29, 0.717) is 19.4 Å². The zero-order chi connectivity index (χ0) is 12.6. The Kier molecular flexibility index (Phi) is 7.54. The molecule has 2 amide bonds. The molecule has 5 N–H and O–H groups in total. The summed E-state index contributed by atoms with van der Waals surface area (Å²) in [5, 5.41) is 2.76. The zero-order valence-corrected chi connectivity index (χ0v) is 10.2. The Labute approximate surface area is 96.9 Å². The number of nitrogens with two attached hydrogens (primary N) is 2. The smallest absolute Gasteiger partial charge is 0.237 e. The van der Waals surface area contributed by atoms with E-state index >= 15 is 0 Å². The quantitative estimate of drug-likeness (QED) is 0.516. The maximum Gasteiger partial charge on any atom is 0.237 e. The van der Waals surface area contributed by atoms with Gasteiger partial charge in [-0.15, -0.1) is 0 Å². The van der Waals surface area contributed by atoms with Crippen LogP contribution in [0.4, 0.5) is 0 Å². The van der Waals surface area contributed by atoms with Gasteiger partial charge in [0.25, 0.3) is 0 Å². The van der Waals surface area contributed by atoms with Crippen LogP contribution in [-0.4, -0.2) is 24.4 Å². The summed E-state index contributed by atoms with van der Waals surface area (Å²) >= 11 is 0. The van der Waals surface area contributed by atoms with Crippen LogP contribution in [0.5, 0.6) is 0 Å². The van der Waals surface area contributed by atoms with Crippen molar-refractivity contribution in [1.29, 1.82) is 0 Å². The minimum absolute atomic E-state index is 0.117. The minimum Gasteiger partial charge on any atom is -0.370 e. The Hall–Kier alpha value is -1.10. The lowest BCUT2D eigenvalue weighted by Crippen LogP contribution is -2.44. The molecule has 2 atom stereocenters. The molecular weight excluding hydrogens is 206 g/mol. The average Bonchev–Trinajstić information content (AvgIpc) is 2.25. The van der Waals surface area contributed by atoms with Gasteiger partial charge in [-0.3, -0.25) is 9.59 Å². The number of rotatable bonds is 8. The number of nitrogens with one attached hydrogen (secondary N) is 1. The molecule has 0 aromatic heterocycles. The van der Waals surface area contributed by atoms with Crippen LogP contribution in [0.25, 0.3) is 0 Å². The molecule has 5 nitrogen and oxygen atoms in total. The normalized spacial score (nSPS) is 14.2. The van der Waals surface area contributed by atoms with Crippen molar-refractivity contribution in [3.05, 3.63) is 0 Å². The highest BCUT2D eigenvalue weighted by molar-refractivity contribution is 5.81. The second-order valence-corrected chi connectivity index (χ2v) is 4.13. The molecule has 5 heteroatoms. The highest BCUT2D eigenvalue weighted by Crippen LogP contribution is 2.05. The van der Waals surface area contributed by atoms with Gasteiger partial charge in [0, 0.05) is 13.0 Å². The van der Waals surface area contributed by atoms with Gasteiger partial charge in [0.15, 0.2) is 0 Å². The molecule has 0 aliphatic carbocycles. The van der Waals surface area contributed by atoms with Crippen molar-refractivity contribution in [2.45, 2.75) is 45.6 Å². The number of primary amides is 1. The lowest BCUT2D eigenvalue weighted by atomic mass is 9.99. The van der Waals surface area contributed by atoms with Gasteiger partial charge in [-0.2, -0.15) is 0 Å². The Balaban J connectivity index is 3.61. The molecule has 0 aliphatic heterocycles. The van der Waals surface area contributed by atoms with E-state index in [1.54, 1.807) is 0 Å². The number of amides is 2. The molecule has 0 aromatic rings. The summed E-state index contributed by atoms with van der Waals surface area (Å²) in [4.78, 5) is 22.0. The third-order valence-electron chi connectivity index (χ3n) is 2.71. The summed E-state index contributed by atoms with van der Waals surface area (Å²) in [5.41, 5.74) is 10.7. The monoisotopic (exact) mass is 229 g/mol.